The molecule has 1 amide bonds. The Morgan fingerprint density at radius 2 is 1.77 bits per heavy atom. The number of anilines is 1. The summed E-state index contributed by atoms with van der Waals surface area (Å²) in [4.78, 5) is 27.1. The molecule has 0 aliphatic heterocycles. The van der Waals surface area contributed by atoms with E-state index in [0.717, 1.165) is 3.57 Å². The van der Waals surface area contributed by atoms with Crippen LogP contribution < -0.4 is 10.9 Å². The average molecular weight is 406 g/mol. The van der Waals surface area contributed by atoms with Crippen LogP contribution >= 0.6 is 22.6 Å². The Balaban J connectivity index is 2.08. The molecule has 1 heterocycles. The summed E-state index contributed by atoms with van der Waals surface area (Å²) in [6.45, 7) is 0. The number of nitrogens with one attached hydrogen (secondary N) is 2. The van der Waals surface area contributed by atoms with E-state index < -0.39 is 11.5 Å². The second-order valence-corrected chi connectivity index (χ2v) is 5.82. The van der Waals surface area contributed by atoms with Crippen LogP contribution in [0.15, 0.2) is 53.3 Å². The number of rotatable bonds is 2. The summed E-state index contributed by atoms with van der Waals surface area (Å²) in [5, 5.41) is 13.3. The first kappa shape index (κ1) is 14.6. The smallest absolute Gasteiger partial charge is 0.265 e. The number of carbonyl (C=O) groups excluding carboxylic acids is 1. The molecule has 3 aromatic rings. The number of hydrogen-bond acceptors (Lipinski definition) is 3. The third-order valence-electron chi connectivity index (χ3n) is 3.24. The van der Waals surface area contributed by atoms with E-state index in [0.29, 0.717) is 16.6 Å². The Hall–Kier alpha value is -2.35. The lowest BCUT2D eigenvalue weighted by Gasteiger charge is -2.09. The predicted octanol–water partition coefficient (Wildman–Crippen LogP) is 3.09. The molecule has 0 aliphatic carbocycles. The molecule has 0 fully saturated rings. The molecule has 3 N–H and O–H groups in total. The molecule has 0 spiro atoms. The van der Waals surface area contributed by atoms with Gasteiger partial charge in [0, 0.05) is 8.96 Å². The van der Waals surface area contributed by atoms with E-state index in [-0.39, 0.29) is 11.3 Å². The van der Waals surface area contributed by atoms with E-state index in [4.69, 9.17) is 0 Å². The molecule has 1 aromatic heterocycles. The van der Waals surface area contributed by atoms with Crippen LogP contribution in [0.4, 0.5) is 5.69 Å². The fraction of sp³-hybridized carbons (Fsp3) is 0. The van der Waals surface area contributed by atoms with Gasteiger partial charge in [0.15, 0.2) is 0 Å². The Kier molecular flexibility index (Phi) is 3.84. The van der Waals surface area contributed by atoms with Crippen molar-refractivity contribution in [1.82, 2.24) is 4.98 Å². The van der Waals surface area contributed by atoms with E-state index >= 15 is 0 Å². The number of para-hydroxylation sites is 2. The lowest BCUT2D eigenvalue weighted by Crippen LogP contribution is -2.23. The highest BCUT2D eigenvalue weighted by molar-refractivity contribution is 14.1. The molecule has 0 bridgehead atoms. The maximum Gasteiger partial charge on any atom is 0.265 e. The second kappa shape index (κ2) is 5.80. The summed E-state index contributed by atoms with van der Waals surface area (Å²) < 4.78 is 0.838. The topological polar surface area (TPSA) is 82.2 Å². The summed E-state index contributed by atoms with van der Waals surface area (Å²) in [6.07, 6.45) is 0. The predicted molar refractivity (Wildman–Crippen MR) is 93.3 cm³/mol. The summed E-state index contributed by atoms with van der Waals surface area (Å²) in [5.74, 6) is -0.962. The summed E-state index contributed by atoms with van der Waals surface area (Å²) in [6, 6.07) is 14.0. The van der Waals surface area contributed by atoms with Gasteiger partial charge in [0.05, 0.1) is 11.2 Å². The van der Waals surface area contributed by atoms with Crippen molar-refractivity contribution in [2.75, 3.05) is 5.32 Å². The maximum absolute atomic E-state index is 12.4. The summed E-state index contributed by atoms with van der Waals surface area (Å²) in [5.41, 5.74) is 0.147. The van der Waals surface area contributed by atoms with Crippen molar-refractivity contribution >= 4 is 45.1 Å². The Labute approximate surface area is 139 Å². The zero-order chi connectivity index (χ0) is 15.7. The number of H-pyrrole nitrogens is 1. The zero-order valence-corrected chi connectivity index (χ0v) is 13.4. The van der Waals surface area contributed by atoms with Crippen LogP contribution in [0.25, 0.3) is 10.9 Å². The molecule has 2 aromatic carbocycles. The molecule has 110 valence electrons. The number of pyridine rings is 1. The third kappa shape index (κ3) is 2.57. The standard InChI is InChI=1S/C16H11IN2O3/c17-10-6-2-4-8-12(10)19-16(22)13-14(20)9-5-1-3-7-11(9)18-15(13)21/h1-8H,(H,19,22)(H2,18,20,21). The molecule has 0 saturated heterocycles. The lowest BCUT2D eigenvalue weighted by molar-refractivity contribution is 0.102. The minimum absolute atomic E-state index is 0.293. The van der Waals surface area contributed by atoms with Crippen molar-refractivity contribution < 1.29 is 9.90 Å². The molecule has 3 rings (SSSR count). The van der Waals surface area contributed by atoms with Gasteiger partial charge in [-0.05, 0) is 46.9 Å². The van der Waals surface area contributed by atoms with Crippen molar-refractivity contribution in [1.29, 1.82) is 0 Å². The number of aromatic amines is 1. The molecule has 5 nitrogen and oxygen atoms in total. The molecule has 6 heteroatoms. The van der Waals surface area contributed by atoms with Crippen molar-refractivity contribution in [3.63, 3.8) is 0 Å². The van der Waals surface area contributed by atoms with Gasteiger partial charge < -0.3 is 15.4 Å². The molecule has 0 radical (unpaired) electrons. The first-order valence-electron chi connectivity index (χ1n) is 6.48. The fourth-order valence-corrected chi connectivity index (χ4v) is 2.71. The Morgan fingerprint density at radius 1 is 1.09 bits per heavy atom. The number of fused-ring (bicyclic) bond motifs is 1. The molecule has 22 heavy (non-hydrogen) atoms. The van der Waals surface area contributed by atoms with Gasteiger partial charge >= 0.3 is 0 Å². The van der Waals surface area contributed by atoms with E-state index in [9.17, 15) is 14.7 Å². The molecule has 0 atom stereocenters. The largest absolute Gasteiger partial charge is 0.506 e. The van der Waals surface area contributed by atoms with Gasteiger partial charge in [-0.25, -0.2) is 0 Å². The van der Waals surface area contributed by atoms with Crippen molar-refractivity contribution in [3.05, 3.63) is 68.0 Å². The number of aromatic hydroxyl groups is 1. The van der Waals surface area contributed by atoms with E-state index in [1.165, 1.54) is 0 Å². The van der Waals surface area contributed by atoms with Crippen LogP contribution in [0.1, 0.15) is 10.4 Å². The molecule has 0 saturated carbocycles. The molecule has 0 unspecified atom stereocenters. The van der Waals surface area contributed by atoms with E-state index in [2.05, 4.69) is 32.9 Å². The highest BCUT2D eigenvalue weighted by Gasteiger charge is 2.19. The van der Waals surface area contributed by atoms with Gasteiger partial charge in [-0.15, -0.1) is 0 Å². The number of hydrogen-bond donors (Lipinski definition) is 3. The number of benzene rings is 2. The van der Waals surface area contributed by atoms with Gasteiger partial charge in [0.25, 0.3) is 11.5 Å². The monoisotopic (exact) mass is 406 g/mol. The molecular weight excluding hydrogens is 395 g/mol. The lowest BCUT2D eigenvalue weighted by atomic mass is 10.1. The Bertz CT molecular complexity index is 934. The van der Waals surface area contributed by atoms with Gasteiger partial charge in [-0.3, -0.25) is 9.59 Å². The first-order valence-corrected chi connectivity index (χ1v) is 7.55. The van der Waals surface area contributed by atoms with Crippen LogP contribution in [0.5, 0.6) is 5.75 Å². The van der Waals surface area contributed by atoms with Gasteiger partial charge in [-0.1, -0.05) is 24.3 Å². The molecular formula is C16H11IN2O3. The van der Waals surface area contributed by atoms with Gasteiger partial charge in [0.2, 0.25) is 0 Å². The third-order valence-corrected chi connectivity index (χ3v) is 4.18. The SMILES string of the molecule is O=C(Nc1ccccc1I)c1c(O)c2ccccc2[nH]c1=O. The fourth-order valence-electron chi connectivity index (χ4n) is 2.18. The number of amides is 1. The van der Waals surface area contributed by atoms with Gasteiger partial charge in [-0.2, -0.15) is 0 Å². The van der Waals surface area contributed by atoms with E-state index in [1.807, 2.05) is 12.1 Å². The van der Waals surface area contributed by atoms with E-state index in [1.54, 1.807) is 36.4 Å². The number of halogens is 1. The average Bonchev–Trinajstić information content (AvgIpc) is 2.49. The number of aromatic nitrogens is 1. The second-order valence-electron chi connectivity index (χ2n) is 4.66. The highest BCUT2D eigenvalue weighted by atomic mass is 127. The zero-order valence-electron chi connectivity index (χ0n) is 11.3. The van der Waals surface area contributed by atoms with Crippen LogP contribution in [-0.4, -0.2) is 16.0 Å². The normalized spacial score (nSPS) is 10.6. The van der Waals surface area contributed by atoms with Crippen molar-refractivity contribution in [3.8, 4) is 5.75 Å². The summed E-state index contributed by atoms with van der Waals surface area (Å²) in [7, 11) is 0. The van der Waals surface area contributed by atoms with Crippen molar-refractivity contribution in [2.24, 2.45) is 0 Å². The number of carbonyl (C=O) groups is 1. The van der Waals surface area contributed by atoms with Crippen LogP contribution in [0.3, 0.4) is 0 Å². The van der Waals surface area contributed by atoms with Crippen LogP contribution in [0, 0.1) is 3.57 Å². The van der Waals surface area contributed by atoms with Crippen LogP contribution in [0.2, 0.25) is 0 Å². The molecule has 0 aliphatic rings. The minimum Gasteiger partial charge on any atom is -0.506 e. The van der Waals surface area contributed by atoms with Crippen LogP contribution in [-0.2, 0) is 0 Å². The summed E-state index contributed by atoms with van der Waals surface area (Å²) >= 11 is 2.08. The minimum atomic E-state index is -0.645. The first-order chi connectivity index (χ1) is 10.6. The van der Waals surface area contributed by atoms with Gasteiger partial charge in [0.1, 0.15) is 11.3 Å². The Morgan fingerprint density at radius 3 is 2.55 bits per heavy atom. The quantitative estimate of drug-likeness (QED) is 0.573. The van der Waals surface area contributed by atoms with Crippen molar-refractivity contribution in [2.45, 2.75) is 0 Å². The maximum atomic E-state index is 12.4. The highest BCUT2D eigenvalue weighted by Crippen LogP contribution is 2.25.